The molecule has 2 aromatic rings. The van der Waals surface area contributed by atoms with Gasteiger partial charge in [-0.05, 0) is 50.3 Å². The van der Waals surface area contributed by atoms with Gasteiger partial charge in [0.2, 0.25) is 0 Å². The molecule has 1 fully saturated rings. The third kappa shape index (κ3) is 2.30. The summed E-state index contributed by atoms with van der Waals surface area (Å²) < 4.78 is 4.58. The van der Waals surface area contributed by atoms with E-state index in [9.17, 15) is 0 Å². The van der Waals surface area contributed by atoms with Crippen LogP contribution in [0, 0.1) is 3.95 Å². The average molecular weight is 264 g/mol. The van der Waals surface area contributed by atoms with Gasteiger partial charge in [-0.1, -0.05) is 18.6 Å². The number of piperidine rings is 1. The lowest BCUT2D eigenvalue weighted by atomic mass is 10.1. The Morgan fingerprint density at radius 1 is 1.12 bits per heavy atom. The Bertz CT molecular complexity index is 564. The van der Waals surface area contributed by atoms with Crippen LogP contribution < -0.4 is 0 Å². The van der Waals surface area contributed by atoms with E-state index in [0.717, 1.165) is 10.6 Å². The van der Waals surface area contributed by atoms with E-state index in [-0.39, 0.29) is 0 Å². The lowest BCUT2D eigenvalue weighted by molar-refractivity contribution is 0.185. The SMILES string of the molecule is S=c1sc2ccccc2n1CN1CCCCC1. The van der Waals surface area contributed by atoms with Crippen LogP contribution in [-0.2, 0) is 6.67 Å². The van der Waals surface area contributed by atoms with Gasteiger partial charge in [-0.2, -0.15) is 0 Å². The fourth-order valence-electron chi connectivity index (χ4n) is 2.45. The Kier molecular flexibility index (Phi) is 3.27. The zero-order valence-electron chi connectivity index (χ0n) is 9.76. The maximum atomic E-state index is 5.48. The monoisotopic (exact) mass is 264 g/mol. The summed E-state index contributed by atoms with van der Waals surface area (Å²) in [5.41, 5.74) is 1.29. The molecule has 2 heterocycles. The lowest BCUT2D eigenvalue weighted by Gasteiger charge is -2.26. The van der Waals surface area contributed by atoms with Gasteiger partial charge in [0.15, 0.2) is 3.95 Å². The minimum absolute atomic E-state index is 0.961. The van der Waals surface area contributed by atoms with E-state index in [1.54, 1.807) is 11.3 Å². The molecule has 0 saturated carbocycles. The average Bonchev–Trinajstić information content (AvgIpc) is 2.68. The molecular weight excluding hydrogens is 248 g/mol. The number of aromatic nitrogens is 1. The second-order valence-corrected chi connectivity index (χ2v) is 6.26. The fourth-order valence-corrected chi connectivity index (χ4v) is 3.76. The third-order valence-electron chi connectivity index (χ3n) is 3.36. The van der Waals surface area contributed by atoms with E-state index in [1.807, 2.05) is 0 Å². The molecule has 1 aromatic heterocycles. The van der Waals surface area contributed by atoms with Crippen LogP contribution >= 0.6 is 23.6 Å². The van der Waals surface area contributed by atoms with Gasteiger partial charge in [-0.3, -0.25) is 4.90 Å². The Morgan fingerprint density at radius 2 is 1.88 bits per heavy atom. The molecule has 1 aliphatic heterocycles. The first kappa shape index (κ1) is 11.4. The molecule has 2 nitrogen and oxygen atoms in total. The Morgan fingerprint density at radius 3 is 2.71 bits per heavy atom. The van der Waals surface area contributed by atoms with Crippen molar-refractivity contribution in [1.29, 1.82) is 0 Å². The summed E-state index contributed by atoms with van der Waals surface area (Å²) in [6.45, 7) is 3.39. The van der Waals surface area contributed by atoms with Crippen molar-refractivity contribution >= 4 is 33.8 Å². The highest BCUT2D eigenvalue weighted by atomic mass is 32.1. The van der Waals surface area contributed by atoms with Gasteiger partial charge in [0, 0.05) is 0 Å². The number of fused-ring (bicyclic) bond motifs is 1. The maximum Gasteiger partial charge on any atom is 0.163 e. The number of hydrogen-bond acceptors (Lipinski definition) is 3. The molecule has 0 unspecified atom stereocenters. The zero-order chi connectivity index (χ0) is 11.7. The molecular formula is C13H16N2S2. The summed E-state index contributed by atoms with van der Waals surface area (Å²) in [6.07, 6.45) is 4.04. The van der Waals surface area contributed by atoms with Gasteiger partial charge in [-0.25, -0.2) is 0 Å². The number of nitrogens with zero attached hydrogens (tertiary/aromatic N) is 2. The lowest BCUT2D eigenvalue weighted by Crippen LogP contribution is -2.31. The third-order valence-corrected chi connectivity index (χ3v) is 4.79. The normalized spacial score (nSPS) is 17.6. The highest BCUT2D eigenvalue weighted by Gasteiger charge is 2.12. The van der Waals surface area contributed by atoms with Crippen molar-refractivity contribution in [2.75, 3.05) is 13.1 Å². The van der Waals surface area contributed by atoms with E-state index >= 15 is 0 Å². The van der Waals surface area contributed by atoms with Gasteiger partial charge in [-0.15, -0.1) is 11.3 Å². The topological polar surface area (TPSA) is 8.17 Å². The van der Waals surface area contributed by atoms with Crippen molar-refractivity contribution in [2.45, 2.75) is 25.9 Å². The van der Waals surface area contributed by atoms with Crippen molar-refractivity contribution in [3.8, 4) is 0 Å². The molecule has 90 valence electrons. The Balaban J connectivity index is 1.93. The molecule has 0 bridgehead atoms. The molecule has 3 rings (SSSR count). The standard InChI is InChI=1S/C13H16N2S2/c16-13-15(10-14-8-4-1-5-9-14)11-6-2-3-7-12(11)17-13/h2-3,6-7H,1,4-5,8-10H2. The molecule has 0 spiro atoms. The largest absolute Gasteiger partial charge is 0.309 e. The van der Waals surface area contributed by atoms with Gasteiger partial charge < -0.3 is 4.57 Å². The number of likely N-dealkylation sites (tertiary alicyclic amines) is 1. The van der Waals surface area contributed by atoms with Crippen molar-refractivity contribution in [2.24, 2.45) is 0 Å². The Labute approximate surface area is 110 Å². The van der Waals surface area contributed by atoms with Gasteiger partial charge >= 0.3 is 0 Å². The number of thiazole rings is 1. The van der Waals surface area contributed by atoms with Crippen LogP contribution in [0.25, 0.3) is 10.2 Å². The van der Waals surface area contributed by atoms with Crippen LogP contribution in [0.4, 0.5) is 0 Å². The summed E-state index contributed by atoms with van der Waals surface area (Å²) in [7, 11) is 0. The molecule has 0 N–H and O–H groups in total. The van der Waals surface area contributed by atoms with Gasteiger partial charge in [0.25, 0.3) is 0 Å². The number of rotatable bonds is 2. The van der Waals surface area contributed by atoms with Crippen LogP contribution in [0.2, 0.25) is 0 Å². The summed E-state index contributed by atoms with van der Waals surface area (Å²) in [6, 6.07) is 8.50. The second kappa shape index (κ2) is 4.88. The molecule has 4 heteroatoms. The van der Waals surface area contributed by atoms with Crippen molar-refractivity contribution in [3.05, 3.63) is 28.2 Å². The molecule has 1 saturated heterocycles. The highest BCUT2D eigenvalue weighted by Crippen LogP contribution is 2.23. The predicted octanol–water partition coefficient (Wildman–Crippen LogP) is 3.88. The number of hydrogen-bond donors (Lipinski definition) is 0. The van der Waals surface area contributed by atoms with Gasteiger partial charge in [0.05, 0.1) is 16.9 Å². The van der Waals surface area contributed by atoms with E-state index in [1.165, 1.54) is 42.6 Å². The van der Waals surface area contributed by atoms with Crippen LogP contribution in [0.3, 0.4) is 0 Å². The first-order chi connectivity index (χ1) is 8.34. The molecule has 17 heavy (non-hydrogen) atoms. The smallest absolute Gasteiger partial charge is 0.163 e. The first-order valence-electron chi connectivity index (χ1n) is 6.15. The summed E-state index contributed by atoms with van der Waals surface area (Å²) in [5, 5.41) is 0. The van der Waals surface area contributed by atoms with E-state index in [4.69, 9.17) is 12.2 Å². The van der Waals surface area contributed by atoms with E-state index in [0.29, 0.717) is 0 Å². The molecule has 0 atom stereocenters. The first-order valence-corrected chi connectivity index (χ1v) is 7.38. The van der Waals surface area contributed by atoms with Crippen molar-refractivity contribution in [1.82, 2.24) is 9.47 Å². The quantitative estimate of drug-likeness (QED) is 0.761. The molecule has 0 aliphatic carbocycles. The van der Waals surface area contributed by atoms with E-state index < -0.39 is 0 Å². The maximum absolute atomic E-state index is 5.48. The minimum Gasteiger partial charge on any atom is -0.309 e. The second-order valence-electron chi connectivity index (χ2n) is 4.58. The molecule has 1 aromatic carbocycles. The van der Waals surface area contributed by atoms with Crippen LogP contribution in [-0.4, -0.2) is 22.6 Å². The number of benzene rings is 1. The fraction of sp³-hybridized carbons (Fsp3) is 0.462. The molecule has 0 amide bonds. The van der Waals surface area contributed by atoms with Crippen LogP contribution in [0.1, 0.15) is 19.3 Å². The van der Waals surface area contributed by atoms with E-state index in [2.05, 4.69) is 33.7 Å². The van der Waals surface area contributed by atoms with Crippen molar-refractivity contribution in [3.63, 3.8) is 0 Å². The summed E-state index contributed by atoms with van der Waals surface area (Å²) in [4.78, 5) is 2.51. The van der Waals surface area contributed by atoms with Gasteiger partial charge in [0.1, 0.15) is 0 Å². The minimum atomic E-state index is 0.961. The summed E-state index contributed by atoms with van der Waals surface area (Å²) >= 11 is 7.19. The highest BCUT2D eigenvalue weighted by molar-refractivity contribution is 7.73. The van der Waals surface area contributed by atoms with Crippen LogP contribution in [0.15, 0.2) is 24.3 Å². The Hall–Kier alpha value is -0.710. The van der Waals surface area contributed by atoms with Crippen LogP contribution in [0.5, 0.6) is 0 Å². The van der Waals surface area contributed by atoms with Crippen molar-refractivity contribution < 1.29 is 0 Å². The molecule has 0 radical (unpaired) electrons. The summed E-state index contributed by atoms with van der Waals surface area (Å²) in [5.74, 6) is 0. The predicted molar refractivity (Wildman–Crippen MR) is 76.1 cm³/mol. The zero-order valence-corrected chi connectivity index (χ0v) is 11.4. The number of para-hydroxylation sites is 1. The molecule has 1 aliphatic rings.